The van der Waals surface area contributed by atoms with Crippen LogP contribution in [-0.4, -0.2) is 26.2 Å². The van der Waals surface area contributed by atoms with Crippen LogP contribution in [-0.2, 0) is 29.1 Å². The summed E-state index contributed by atoms with van der Waals surface area (Å²) in [6.45, 7) is 14.3. The maximum Gasteiger partial charge on any atom is 0.0870 e. The van der Waals surface area contributed by atoms with E-state index < -0.39 is 0 Å². The number of hydrogen-bond acceptors (Lipinski definition) is 4. The fraction of sp³-hybridized carbons (Fsp3) is 0.714. The van der Waals surface area contributed by atoms with Crippen molar-refractivity contribution in [2.45, 2.75) is 162 Å². The maximum atomic E-state index is 6.45. The largest absolute Gasteiger partial charge is 0.371 e. The summed E-state index contributed by atoms with van der Waals surface area (Å²) in [4.78, 5) is 0. The number of rotatable bonds is 16. The fourth-order valence-electron chi connectivity index (χ4n) is 5.59. The van der Waals surface area contributed by atoms with Gasteiger partial charge in [-0.25, -0.2) is 4.68 Å². The van der Waals surface area contributed by atoms with Gasteiger partial charge in [0.05, 0.1) is 36.2 Å². The second-order valence-electron chi connectivity index (χ2n) is 13.1. The molecule has 1 aliphatic rings. The molecule has 1 aromatic carbocycles. The minimum absolute atomic E-state index is 0.131. The standard InChI is InChI=1S/C35H57N3O2/c1-7-9-16-20-34(3,4)39-27-30-22-29(23-31(24-30)28-40-35(5,6)21-17-10-8-2)25-32-26-38(37-36-32)33-18-14-12-11-13-15-19-33/h16,20,22-24,26,33H,7-15,17-19,21,25,27-28H2,1-6H3/b20-16-. The summed E-state index contributed by atoms with van der Waals surface area (Å²) < 4.78 is 15.0. The molecule has 1 aromatic heterocycles. The predicted molar refractivity (Wildman–Crippen MR) is 167 cm³/mol. The van der Waals surface area contributed by atoms with Gasteiger partial charge in [-0.05, 0) is 70.1 Å². The Morgan fingerprint density at radius 1 is 0.850 bits per heavy atom. The van der Waals surface area contributed by atoms with Crippen LogP contribution >= 0.6 is 0 Å². The highest BCUT2D eigenvalue weighted by molar-refractivity contribution is 5.32. The molecular formula is C35H57N3O2. The van der Waals surface area contributed by atoms with E-state index in [9.17, 15) is 0 Å². The van der Waals surface area contributed by atoms with Crippen molar-refractivity contribution in [3.8, 4) is 0 Å². The second-order valence-corrected chi connectivity index (χ2v) is 13.1. The monoisotopic (exact) mass is 551 g/mol. The van der Waals surface area contributed by atoms with Crippen LogP contribution in [0.2, 0.25) is 0 Å². The smallest absolute Gasteiger partial charge is 0.0870 e. The topological polar surface area (TPSA) is 49.2 Å². The lowest BCUT2D eigenvalue weighted by atomic mass is 9.97. The number of allylic oxidation sites excluding steroid dienone is 1. The Hall–Kier alpha value is -1.98. The average Bonchev–Trinajstić information content (AvgIpc) is 3.34. The SMILES string of the molecule is CCC/C=C\C(C)(C)OCc1cc(COC(C)(C)CCCCC)cc(Cc2cn(C3CCCCCCC3)nn2)c1. The summed E-state index contributed by atoms with van der Waals surface area (Å²) in [5.74, 6) is 0. The minimum atomic E-state index is -0.302. The zero-order valence-electron chi connectivity index (χ0n) is 26.5. The Kier molecular flexibility index (Phi) is 13.4. The quantitative estimate of drug-likeness (QED) is 0.154. The lowest BCUT2D eigenvalue weighted by Gasteiger charge is -2.26. The lowest BCUT2D eigenvalue weighted by molar-refractivity contribution is -0.0365. The highest BCUT2D eigenvalue weighted by Crippen LogP contribution is 2.27. The number of aromatic nitrogens is 3. The molecule has 5 nitrogen and oxygen atoms in total. The molecule has 0 aliphatic heterocycles. The van der Waals surface area contributed by atoms with Gasteiger partial charge < -0.3 is 9.47 Å². The summed E-state index contributed by atoms with van der Waals surface area (Å²) in [6.07, 6.45) is 23.5. The van der Waals surface area contributed by atoms with Crippen LogP contribution in [0.5, 0.6) is 0 Å². The minimum Gasteiger partial charge on any atom is -0.371 e. The molecule has 0 bridgehead atoms. The Labute approximate surface area is 245 Å². The van der Waals surface area contributed by atoms with Crippen molar-refractivity contribution >= 4 is 0 Å². The molecule has 0 N–H and O–H groups in total. The first-order valence-electron chi connectivity index (χ1n) is 16.2. The molecule has 0 radical (unpaired) electrons. The van der Waals surface area contributed by atoms with Gasteiger partial charge in [-0.15, -0.1) is 5.10 Å². The third kappa shape index (κ3) is 11.9. The number of ether oxygens (including phenoxy) is 2. The van der Waals surface area contributed by atoms with E-state index >= 15 is 0 Å². The van der Waals surface area contributed by atoms with Gasteiger partial charge in [-0.2, -0.15) is 0 Å². The van der Waals surface area contributed by atoms with Crippen molar-refractivity contribution in [2.75, 3.05) is 0 Å². The highest BCUT2D eigenvalue weighted by Gasteiger charge is 2.20. The molecular weight excluding hydrogens is 494 g/mol. The summed E-state index contributed by atoms with van der Waals surface area (Å²) in [5.41, 5.74) is 4.23. The molecule has 0 atom stereocenters. The Bertz CT molecular complexity index is 1020. The van der Waals surface area contributed by atoms with Gasteiger partial charge in [0.25, 0.3) is 0 Å². The van der Waals surface area contributed by atoms with E-state index in [0.717, 1.165) is 31.4 Å². The maximum absolute atomic E-state index is 6.45. The molecule has 0 unspecified atom stereocenters. The molecule has 1 saturated carbocycles. The lowest BCUT2D eigenvalue weighted by Crippen LogP contribution is -2.24. The third-order valence-electron chi connectivity index (χ3n) is 8.10. The molecule has 1 fully saturated rings. The van der Waals surface area contributed by atoms with Gasteiger partial charge in [-0.3, -0.25) is 0 Å². The molecule has 0 spiro atoms. The Morgan fingerprint density at radius 2 is 1.50 bits per heavy atom. The van der Waals surface area contributed by atoms with Crippen molar-refractivity contribution < 1.29 is 9.47 Å². The van der Waals surface area contributed by atoms with Crippen molar-refractivity contribution in [3.05, 3.63) is 58.9 Å². The second kappa shape index (κ2) is 16.5. The molecule has 5 heteroatoms. The molecule has 2 aromatic rings. The van der Waals surface area contributed by atoms with E-state index in [0.29, 0.717) is 19.3 Å². The first kappa shape index (κ1) is 32.5. The zero-order chi connectivity index (χ0) is 28.8. The fourth-order valence-corrected chi connectivity index (χ4v) is 5.59. The summed E-state index contributed by atoms with van der Waals surface area (Å²) in [7, 11) is 0. The summed E-state index contributed by atoms with van der Waals surface area (Å²) >= 11 is 0. The number of benzene rings is 1. The number of hydrogen-bond donors (Lipinski definition) is 0. The molecule has 0 saturated heterocycles. The average molecular weight is 552 g/mol. The molecule has 224 valence electrons. The van der Waals surface area contributed by atoms with Crippen LogP contribution < -0.4 is 0 Å². The zero-order valence-corrected chi connectivity index (χ0v) is 26.5. The molecule has 0 amide bonds. The highest BCUT2D eigenvalue weighted by atomic mass is 16.5. The normalized spacial score (nSPS) is 15.9. The van der Waals surface area contributed by atoms with Gasteiger partial charge in [-0.1, -0.05) is 107 Å². The number of unbranched alkanes of at least 4 members (excludes halogenated alkanes) is 3. The van der Waals surface area contributed by atoms with Gasteiger partial charge >= 0.3 is 0 Å². The Morgan fingerprint density at radius 3 is 2.17 bits per heavy atom. The van der Waals surface area contributed by atoms with Crippen molar-refractivity contribution in [1.29, 1.82) is 0 Å². The van der Waals surface area contributed by atoms with E-state index in [1.165, 1.54) is 80.9 Å². The van der Waals surface area contributed by atoms with Crippen LogP contribution in [0.3, 0.4) is 0 Å². The molecule has 1 aliphatic carbocycles. The van der Waals surface area contributed by atoms with Crippen LogP contribution in [0, 0.1) is 0 Å². The van der Waals surface area contributed by atoms with Gasteiger partial charge in [0.1, 0.15) is 0 Å². The summed E-state index contributed by atoms with van der Waals surface area (Å²) in [6, 6.07) is 7.30. The Balaban J connectivity index is 1.74. The molecule has 40 heavy (non-hydrogen) atoms. The first-order valence-corrected chi connectivity index (χ1v) is 16.2. The van der Waals surface area contributed by atoms with Crippen LogP contribution in [0.4, 0.5) is 0 Å². The van der Waals surface area contributed by atoms with E-state index in [1.807, 2.05) is 0 Å². The van der Waals surface area contributed by atoms with Gasteiger partial charge in [0.2, 0.25) is 0 Å². The van der Waals surface area contributed by atoms with Crippen LogP contribution in [0.1, 0.15) is 153 Å². The van der Waals surface area contributed by atoms with Crippen LogP contribution in [0.25, 0.3) is 0 Å². The van der Waals surface area contributed by atoms with Crippen molar-refractivity contribution in [3.63, 3.8) is 0 Å². The van der Waals surface area contributed by atoms with E-state index in [1.54, 1.807) is 0 Å². The third-order valence-corrected chi connectivity index (χ3v) is 8.10. The molecule has 1 heterocycles. The first-order chi connectivity index (χ1) is 19.2. The van der Waals surface area contributed by atoms with Crippen LogP contribution in [0.15, 0.2) is 36.5 Å². The van der Waals surface area contributed by atoms with Crippen molar-refractivity contribution in [1.82, 2.24) is 15.0 Å². The predicted octanol–water partition coefficient (Wildman–Crippen LogP) is 9.68. The van der Waals surface area contributed by atoms with Gasteiger partial charge in [0.15, 0.2) is 0 Å². The van der Waals surface area contributed by atoms with E-state index in [2.05, 4.69) is 93.1 Å². The molecule has 3 rings (SSSR count). The van der Waals surface area contributed by atoms with Gasteiger partial charge in [0, 0.05) is 12.6 Å². The summed E-state index contributed by atoms with van der Waals surface area (Å²) in [5, 5.41) is 9.17. The van der Waals surface area contributed by atoms with E-state index in [4.69, 9.17) is 9.47 Å². The van der Waals surface area contributed by atoms with E-state index in [-0.39, 0.29) is 11.2 Å². The number of nitrogens with zero attached hydrogens (tertiary/aromatic N) is 3. The van der Waals surface area contributed by atoms with Crippen molar-refractivity contribution in [2.24, 2.45) is 0 Å².